The van der Waals surface area contributed by atoms with Crippen LogP contribution in [0.4, 0.5) is 0 Å². The molecule has 0 radical (unpaired) electrons. The summed E-state index contributed by atoms with van der Waals surface area (Å²) in [6, 6.07) is -0.0425. The molecule has 1 rings (SSSR count). The Morgan fingerprint density at radius 3 is 2.81 bits per heavy atom. The van der Waals surface area contributed by atoms with E-state index in [2.05, 4.69) is 5.32 Å². The van der Waals surface area contributed by atoms with E-state index in [0.717, 1.165) is 32.1 Å². The van der Waals surface area contributed by atoms with Crippen molar-refractivity contribution in [3.8, 4) is 0 Å². The summed E-state index contributed by atoms with van der Waals surface area (Å²) in [6.45, 7) is 1.95. The van der Waals surface area contributed by atoms with Gasteiger partial charge in [0.1, 0.15) is 0 Å². The Labute approximate surface area is 97.4 Å². The second-order valence-corrected chi connectivity index (χ2v) is 4.61. The quantitative estimate of drug-likeness (QED) is 0.745. The van der Waals surface area contributed by atoms with E-state index in [0.29, 0.717) is 6.42 Å². The summed E-state index contributed by atoms with van der Waals surface area (Å²) in [5, 5.41) is 12.6. The zero-order valence-electron chi connectivity index (χ0n) is 10.2. The van der Waals surface area contributed by atoms with Crippen LogP contribution in [0.15, 0.2) is 0 Å². The molecule has 1 aliphatic rings. The number of hydrogen-bond acceptors (Lipinski definition) is 3. The van der Waals surface area contributed by atoms with Gasteiger partial charge in [0, 0.05) is 13.5 Å². The summed E-state index contributed by atoms with van der Waals surface area (Å²) in [7, 11) is 1.65. The van der Waals surface area contributed by atoms with Gasteiger partial charge in [-0.15, -0.1) is 0 Å². The van der Waals surface area contributed by atoms with Crippen LogP contribution in [0.5, 0.6) is 0 Å². The van der Waals surface area contributed by atoms with Crippen LogP contribution in [0, 0.1) is 0 Å². The van der Waals surface area contributed by atoms with Crippen molar-refractivity contribution < 1.29 is 14.6 Å². The number of nitrogens with one attached hydrogen (secondary N) is 1. The Kier molecular flexibility index (Phi) is 5.77. The van der Waals surface area contributed by atoms with Gasteiger partial charge in [-0.1, -0.05) is 12.8 Å². The number of aliphatic hydroxyl groups excluding tert-OH is 1. The maximum absolute atomic E-state index is 11.6. The summed E-state index contributed by atoms with van der Waals surface area (Å²) in [4.78, 5) is 11.6. The fraction of sp³-hybridized carbons (Fsp3) is 0.917. The molecule has 16 heavy (non-hydrogen) atoms. The van der Waals surface area contributed by atoms with Crippen molar-refractivity contribution in [2.24, 2.45) is 0 Å². The van der Waals surface area contributed by atoms with E-state index in [9.17, 15) is 9.90 Å². The minimum absolute atomic E-state index is 0.0230. The van der Waals surface area contributed by atoms with Crippen LogP contribution >= 0.6 is 0 Å². The maximum atomic E-state index is 11.6. The van der Waals surface area contributed by atoms with E-state index in [1.165, 1.54) is 0 Å². The molecule has 1 saturated carbocycles. The van der Waals surface area contributed by atoms with Crippen LogP contribution < -0.4 is 5.32 Å². The third-order valence-electron chi connectivity index (χ3n) is 3.26. The number of amides is 1. The van der Waals surface area contributed by atoms with Crippen molar-refractivity contribution in [1.29, 1.82) is 0 Å². The maximum Gasteiger partial charge on any atom is 0.220 e. The van der Waals surface area contributed by atoms with Gasteiger partial charge in [-0.3, -0.25) is 4.79 Å². The van der Waals surface area contributed by atoms with Crippen LogP contribution in [0.25, 0.3) is 0 Å². The van der Waals surface area contributed by atoms with Crippen molar-refractivity contribution in [3.63, 3.8) is 0 Å². The van der Waals surface area contributed by atoms with Gasteiger partial charge in [0.15, 0.2) is 0 Å². The van der Waals surface area contributed by atoms with Crippen LogP contribution in [0.2, 0.25) is 0 Å². The van der Waals surface area contributed by atoms with Gasteiger partial charge in [-0.05, 0) is 26.2 Å². The summed E-state index contributed by atoms with van der Waals surface area (Å²) >= 11 is 0. The second kappa shape index (κ2) is 6.86. The smallest absolute Gasteiger partial charge is 0.220 e. The lowest BCUT2D eigenvalue weighted by Gasteiger charge is -2.28. The molecule has 1 aliphatic carbocycles. The number of methoxy groups -OCH3 is 1. The Morgan fingerprint density at radius 1 is 1.50 bits per heavy atom. The lowest BCUT2D eigenvalue weighted by Crippen LogP contribution is -2.45. The predicted octanol–water partition coefficient (Wildman–Crippen LogP) is 1.22. The second-order valence-electron chi connectivity index (χ2n) is 4.61. The first-order valence-electron chi connectivity index (χ1n) is 6.13. The van der Waals surface area contributed by atoms with Crippen molar-refractivity contribution >= 4 is 5.91 Å². The average molecular weight is 229 g/mol. The van der Waals surface area contributed by atoms with E-state index in [1.54, 1.807) is 7.11 Å². The number of aliphatic hydroxyl groups is 1. The predicted molar refractivity (Wildman–Crippen MR) is 62.1 cm³/mol. The molecule has 3 unspecified atom stereocenters. The number of hydrogen-bond donors (Lipinski definition) is 2. The molecule has 2 N–H and O–H groups in total. The lowest BCUT2D eigenvalue weighted by atomic mass is 9.92. The minimum Gasteiger partial charge on any atom is -0.391 e. The standard InChI is InChI=1S/C12H23NO3/c1-9(16-2)7-8-12(15)13-10-5-3-4-6-11(10)14/h9-11,14H,3-8H2,1-2H3,(H,13,15). The summed E-state index contributed by atoms with van der Waals surface area (Å²) in [5.41, 5.74) is 0. The Hall–Kier alpha value is -0.610. The van der Waals surface area contributed by atoms with Crippen molar-refractivity contribution in [2.75, 3.05) is 7.11 Å². The Bertz CT molecular complexity index is 220. The van der Waals surface area contributed by atoms with Crippen LogP contribution in [-0.4, -0.2) is 36.4 Å². The summed E-state index contributed by atoms with van der Waals surface area (Å²) in [5.74, 6) is 0.0230. The normalized spacial score (nSPS) is 27.4. The van der Waals surface area contributed by atoms with Crippen LogP contribution in [0.3, 0.4) is 0 Å². The molecule has 0 saturated heterocycles. The zero-order chi connectivity index (χ0) is 12.0. The molecule has 1 fully saturated rings. The Morgan fingerprint density at radius 2 is 2.19 bits per heavy atom. The number of carbonyl (C=O) groups excluding carboxylic acids is 1. The van der Waals surface area contributed by atoms with Gasteiger partial charge in [0.05, 0.1) is 18.2 Å². The van der Waals surface area contributed by atoms with E-state index >= 15 is 0 Å². The van der Waals surface area contributed by atoms with Gasteiger partial charge >= 0.3 is 0 Å². The molecule has 0 aromatic rings. The van der Waals surface area contributed by atoms with E-state index < -0.39 is 0 Å². The molecule has 0 aromatic carbocycles. The first-order valence-corrected chi connectivity index (χ1v) is 6.13. The third kappa shape index (κ3) is 4.49. The first-order chi connectivity index (χ1) is 7.63. The monoisotopic (exact) mass is 229 g/mol. The van der Waals surface area contributed by atoms with Gasteiger partial charge in [0.2, 0.25) is 5.91 Å². The van der Waals surface area contributed by atoms with Gasteiger partial charge in [0.25, 0.3) is 0 Å². The molecule has 4 heteroatoms. The summed E-state index contributed by atoms with van der Waals surface area (Å²) in [6.07, 6.45) is 4.81. The molecule has 0 aliphatic heterocycles. The van der Waals surface area contributed by atoms with E-state index in [-0.39, 0.29) is 24.2 Å². The molecule has 0 spiro atoms. The van der Waals surface area contributed by atoms with Gasteiger partial charge in [-0.25, -0.2) is 0 Å². The van der Waals surface area contributed by atoms with Gasteiger partial charge in [-0.2, -0.15) is 0 Å². The fourth-order valence-corrected chi connectivity index (χ4v) is 2.01. The van der Waals surface area contributed by atoms with Gasteiger partial charge < -0.3 is 15.2 Å². The topological polar surface area (TPSA) is 58.6 Å². The highest BCUT2D eigenvalue weighted by molar-refractivity contribution is 5.76. The zero-order valence-corrected chi connectivity index (χ0v) is 10.2. The molecule has 0 bridgehead atoms. The molecule has 94 valence electrons. The largest absolute Gasteiger partial charge is 0.391 e. The first kappa shape index (κ1) is 13.5. The molecule has 0 aromatic heterocycles. The number of carbonyl (C=O) groups is 1. The molecule has 3 atom stereocenters. The molecule has 1 amide bonds. The Balaban J connectivity index is 2.22. The third-order valence-corrected chi connectivity index (χ3v) is 3.26. The highest BCUT2D eigenvalue weighted by Crippen LogP contribution is 2.18. The molecule has 0 heterocycles. The number of rotatable bonds is 5. The molecular weight excluding hydrogens is 206 g/mol. The van der Waals surface area contributed by atoms with Crippen molar-refractivity contribution in [3.05, 3.63) is 0 Å². The van der Waals surface area contributed by atoms with E-state index in [4.69, 9.17) is 4.74 Å². The lowest BCUT2D eigenvalue weighted by molar-refractivity contribution is -0.123. The average Bonchev–Trinajstić information content (AvgIpc) is 2.29. The molecular formula is C12H23NO3. The highest BCUT2D eigenvalue weighted by atomic mass is 16.5. The van der Waals surface area contributed by atoms with Crippen molar-refractivity contribution in [1.82, 2.24) is 5.32 Å². The minimum atomic E-state index is -0.363. The van der Waals surface area contributed by atoms with Crippen LogP contribution in [0.1, 0.15) is 45.4 Å². The summed E-state index contributed by atoms with van der Waals surface area (Å²) < 4.78 is 5.08. The SMILES string of the molecule is COC(C)CCC(=O)NC1CCCCC1O. The number of ether oxygens (including phenoxy) is 1. The van der Waals surface area contributed by atoms with E-state index in [1.807, 2.05) is 6.92 Å². The van der Waals surface area contributed by atoms with Crippen molar-refractivity contribution in [2.45, 2.75) is 63.7 Å². The van der Waals surface area contributed by atoms with Crippen LogP contribution in [-0.2, 0) is 9.53 Å². The molecule has 4 nitrogen and oxygen atoms in total. The fourth-order valence-electron chi connectivity index (χ4n) is 2.01. The highest BCUT2D eigenvalue weighted by Gasteiger charge is 2.24.